The third-order valence-electron chi connectivity index (χ3n) is 9.24. The van der Waals surface area contributed by atoms with Crippen molar-refractivity contribution in [2.75, 3.05) is 48.3 Å². The number of hydrogen-bond acceptors (Lipinski definition) is 8. The number of nitrogen functional groups attached to an aromatic ring is 1. The molecule has 2 fully saturated rings. The van der Waals surface area contributed by atoms with Gasteiger partial charge in [0.05, 0.1) is 17.9 Å². The van der Waals surface area contributed by atoms with Gasteiger partial charge in [-0.1, -0.05) is 30.3 Å². The van der Waals surface area contributed by atoms with Crippen LogP contribution < -0.4 is 15.5 Å². The molecule has 1 saturated heterocycles. The van der Waals surface area contributed by atoms with Crippen molar-refractivity contribution < 1.29 is 19.1 Å². The van der Waals surface area contributed by atoms with E-state index in [2.05, 4.69) is 27.0 Å². The Balaban J connectivity index is 1.12. The fraction of sp³-hybridized carbons (Fsp3) is 0.343. The lowest BCUT2D eigenvalue weighted by Crippen LogP contribution is -2.48. The van der Waals surface area contributed by atoms with Crippen LogP contribution in [0.1, 0.15) is 64.1 Å². The highest BCUT2D eigenvalue weighted by molar-refractivity contribution is 6.09. The number of amides is 2. The number of aromatic nitrogens is 3. The third kappa shape index (κ3) is 5.78. The molecule has 0 atom stereocenters. The van der Waals surface area contributed by atoms with Gasteiger partial charge in [0.25, 0.3) is 5.91 Å². The molecular formula is C35H36FN7O3. The Morgan fingerprint density at radius 3 is 2.46 bits per heavy atom. The van der Waals surface area contributed by atoms with E-state index in [4.69, 9.17) is 10.7 Å². The van der Waals surface area contributed by atoms with Gasteiger partial charge in [-0.15, -0.1) is 0 Å². The average molecular weight is 622 g/mol. The number of piperazine rings is 1. The summed E-state index contributed by atoms with van der Waals surface area (Å²) in [5.74, 6) is 0.387. The van der Waals surface area contributed by atoms with Gasteiger partial charge >= 0.3 is 0 Å². The normalized spacial score (nSPS) is 16.5. The number of aliphatic hydroxyl groups excluding tert-OH is 1. The number of carbonyl (C=O) groups is 2. The fourth-order valence-electron chi connectivity index (χ4n) is 6.60. The minimum atomic E-state index is -0.491. The summed E-state index contributed by atoms with van der Waals surface area (Å²) < 4.78 is 15.3. The van der Waals surface area contributed by atoms with Crippen LogP contribution >= 0.6 is 0 Å². The molecule has 2 amide bonds. The van der Waals surface area contributed by atoms with Gasteiger partial charge in [0.2, 0.25) is 11.9 Å². The van der Waals surface area contributed by atoms with Gasteiger partial charge in [-0.3, -0.25) is 9.59 Å². The van der Waals surface area contributed by atoms with E-state index in [1.54, 1.807) is 25.1 Å². The third-order valence-corrected chi connectivity index (χ3v) is 9.24. The van der Waals surface area contributed by atoms with E-state index in [1.807, 2.05) is 23.1 Å². The van der Waals surface area contributed by atoms with Crippen molar-refractivity contribution in [2.45, 2.75) is 45.1 Å². The van der Waals surface area contributed by atoms with Crippen LogP contribution in [-0.2, 0) is 24.2 Å². The van der Waals surface area contributed by atoms with Crippen LogP contribution in [0.3, 0.4) is 0 Å². The Labute approximate surface area is 266 Å². The summed E-state index contributed by atoms with van der Waals surface area (Å²) in [4.78, 5) is 44.4. The fourth-order valence-corrected chi connectivity index (χ4v) is 6.60. The summed E-state index contributed by atoms with van der Waals surface area (Å²) in [5, 5.41) is 10.5. The predicted molar refractivity (Wildman–Crippen MR) is 173 cm³/mol. The SMILES string of the molecule is CC(=O)N1CCN(c2ccc(Cc3nc(N)nc(-c4cccc(N5CCc6cc(C7CC7)cc(F)c6C5=O)c4CO)n3)cc2)CC1. The second kappa shape index (κ2) is 12.1. The van der Waals surface area contributed by atoms with Crippen molar-refractivity contribution in [2.24, 2.45) is 0 Å². The number of nitrogens with zero attached hydrogens (tertiary/aromatic N) is 6. The van der Waals surface area contributed by atoms with Crippen molar-refractivity contribution >= 4 is 29.1 Å². The highest BCUT2D eigenvalue weighted by Crippen LogP contribution is 2.42. The number of anilines is 3. The molecule has 0 spiro atoms. The maximum Gasteiger partial charge on any atom is 0.261 e. The van der Waals surface area contributed by atoms with Gasteiger partial charge in [0, 0.05) is 62.9 Å². The van der Waals surface area contributed by atoms with Gasteiger partial charge in [0.15, 0.2) is 5.82 Å². The van der Waals surface area contributed by atoms with Crippen molar-refractivity contribution in [3.63, 3.8) is 0 Å². The first-order valence-electron chi connectivity index (χ1n) is 15.8. The van der Waals surface area contributed by atoms with E-state index in [9.17, 15) is 14.7 Å². The molecule has 3 N–H and O–H groups in total. The Hall–Kier alpha value is -4.90. The minimum Gasteiger partial charge on any atom is -0.392 e. The molecule has 3 aromatic carbocycles. The molecule has 236 valence electrons. The number of carbonyl (C=O) groups excluding carboxylic acids is 2. The first kappa shape index (κ1) is 29.8. The number of hydrogen-bond donors (Lipinski definition) is 2. The Kier molecular flexibility index (Phi) is 7.85. The Bertz CT molecular complexity index is 1820. The van der Waals surface area contributed by atoms with Gasteiger partial charge in [0.1, 0.15) is 11.6 Å². The quantitative estimate of drug-likeness (QED) is 0.316. The smallest absolute Gasteiger partial charge is 0.261 e. The standard InChI is InChI=1S/C35H36FN7O3/c1-21(45)41-13-15-42(16-14-41)26-9-5-22(6-10-26)17-31-38-33(40-35(37)39-31)27-3-2-4-30(28(27)20-44)43-12-11-24-18-25(23-7-8-23)19-29(36)32(24)34(43)46/h2-6,9-10,18-19,23,44H,7-8,11-17,20H2,1H3,(H2,37,38,39,40). The first-order valence-corrected chi connectivity index (χ1v) is 15.8. The van der Waals surface area contributed by atoms with Gasteiger partial charge in [-0.25, -0.2) is 9.37 Å². The van der Waals surface area contributed by atoms with E-state index in [0.717, 1.165) is 48.3 Å². The lowest BCUT2D eigenvalue weighted by atomic mass is 9.93. The van der Waals surface area contributed by atoms with Crippen LogP contribution in [0.5, 0.6) is 0 Å². The minimum absolute atomic E-state index is 0.0470. The molecule has 1 aliphatic carbocycles. The average Bonchev–Trinajstić information content (AvgIpc) is 3.91. The van der Waals surface area contributed by atoms with Crippen LogP contribution in [0, 0.1) is 5.82 Å². The number of nitrogens with two attached hydrogens (primary N) is 1. The summed E-state index contributed by atoms with van der Waals surface area (Å²) in [6, 6.07) is 16.9. The van der Waals surface area contributed by atoms with E-state index < -0.39 is 11.7 Å². The summed E-state index contributed by atoms with van der Waals surface area (Å²) in [6.45, 7) is 4.56. The highest BCUT2D eigenvalue weighted by Gasteiger charge is 2.33. The maximum absolute atomic E-state index is 15.3. The lowest BCUT2D eigenvalue weighted by Gasteiger charge is -2.35. The molecule has 46 heavy (non-hydrogen) atoms. The van der Waals surface area contributed by atoms with E-state index in [-0.39, 0.29) is 24.0 Å². The molecule has 11 heteroatoms. The monoisotopic (exact) mass is 621 g/mol. The summed E-state index contributed by atoms with van der Waals surface area (Å²) in [6.07, 6.45) is 3.05. The molecule has 10 nitrogen and oxygen atoms in total. The second-order valence-corrected chi connectivity index (χ2v) is 12.2. The lowest BCUT2D eigenvalue weighted by molar-refractivity contribution is -0.129. The molecule has 1 aromatic heterocycles. The predicted octanol–water partition coefficient (Wildman–Crippen LogP) is 4.09. The molecule has 0 radical (unpaired) electrons. The number of halogens is 1. The molecule has 4 aromatic rings. The zero-order chi connectivity index (χ0) is 31.9. The molecule has 0 unspecified atom stereocenters. The maximum atomic E-state index is 15.3. The first-order chi connectivity index (χ1) is 22.3. The zero-order valence-electron chi connectivity index (χ0n) is 25.7. The zero-order valence-corrected chi connectivity index (χ0v) is 25.7. The van der Waals surface area contributed by atoms with E-state index in [1.165, 1.54) is 11.0 Å². The molecule has 2 aliphatic heterocycles. The Morgan fingerprint density at radius 2 is 1.76 bits per heavy atom. The number of aliphatic hydroxyl groups is 1. The molecule has 7 rings (SSSR count). The summed E-state index contributed by atoms with van der Waals surface area (Å²) in [5.41, 5.74) is 11.5. The van der Waals surface area contributed by atoms with E-state index in [0.29, 0.717) is 66.9 Å². The highest BCUT2D eigenvalue weighted by atomic mass is 19.1. The number of rotatable bonds is 7. The Morgan fingerprint density at radius 1 is 1.00 bits per heavy atom. The molecular weight excluding hydrogens is 585 g/mol. The van der Waals surface area contributed by atoms with Crippen molar-refractivity contribution in [1.82, 2.24) is 19.9 Å². The van der Waals surface area contributed by atoms with Crippen LogP contribution in [0.2, 0.25) is 0 Å². The van der Waals surface area contributed by atoms with E-state index >= 15 is 4.39 Å². The van der Waals surface area contributed by atoms with Crippen LogP contribution in [0.4, 0.5) is 21.7 Å². The van der Waals surface area contributed by atoms with Crippen molar-refractivity contribution in [3.05, 3.63) is 94.1 Å². The molecule has 1 saturated carbocycles. The van der Waals surface area contributed by atoms with Crippen LogP contribution in [0.15, 0.2) is 54.6 Å². The van der Waals surface area contributed by atoms with Gasteiger partial charge < -0.3 is 25.5 Å². The molecule has 0 bridgehead atoms. The van der Waals surface area contributed by atoms with Gasteiger partial charge in [-0.05, 0) is 66.1 Å². The largest absolute Gasteiger partial charge is 0.392 e. The molecule has 3 heterocycles. The number of fused-ring (bicyclic) bond motifs is 1. The van der Waals surface area contributed by atoms with Crippen LogP contribution in [-0.4, -0.2) is 69.5 Å². The second-order valence-electron chi connectivity index (χ2n) is 12.2. The topological polar surface area (TPSA) is 129 Å². The van der Waals surface area contributed by atoms with Crippen molar-refractivity contribution in [1.29, 1.82) is 0 Å². The summed E-state index contributed by atoms with van der Waals surface area (Å²) >= 11 is 0. The summed E-state index contributed by atoms with van der Waals surface area (Å²) in [7, 11) is 0. The molecule has 3 aliphatic rings. The number of benzene rings is 3. The van der Waals surface area contributed by atoms with Crippen LogP contribution in [0.25, 0.3) is 11.4 Å². The van der Waals surface area contributed by atoms with Crippen molar-refractivity contribution in [3.8, 4) is 11.4 Å². The van der Waals surface area contributed by atoms with Gasteiger partial charge in [-0.2, -0.15) is 9.97 Å².